The monoisotopic (exact) mass is 298 g/mol. The van der Waals surface area contributed by atoms with Crippen molar-refractivity contribution in [1.82, 2.24) is 4.98 Å². The number of pyridine rings is 1. The third kappa shape index (κ3) is 3.31. The Morgan fingerprint density at radius 1 is 1.14 bits per heavy atom. The Bertz CT molecular complexity index is 629. The molecule has 1 aromatic carbocycles. The molecular formula is C17H18N2O3. The number of amides is 1. The number of ether oxygens (including phenoxy) is 1. The highest BCUT2D eigenvalue weighted by Crippen LogP contribution is 2.22. The van der Waals surface area contributed by atoms with E-state index in [-0.39, 0.29) is 5.91 Å². The van der Waals surface area contributed by atoms with Crippen LogP contribution >= 0.6 is 0 Å². The molecule has 5 heteroatoms. The van der Waals surface area contributed by atoms with Crippen LogP contribution in [0, 0.1) is 0 Å². The van der Waals surface area contributed by atoms with E-state index in [1.807, 2.05) is 25.1 Å². The summed E-state index contributed by atoms with van der Waals surface area (Å²) in [6, 6.07) is 11.7. The predicted octanol–water partition coefficient (Wildman–Crippen LogP) is 2.68. The lowest BCUT2D eigenvalue weighted by Gasteiger charge is -2.29. The number of esters is 1. The molecule has 1 amide bonds. The molecule has 0 aliphatic rings. The van der Waals surface area contributed by atoms with E-state index in [0.29, 0.717) is 17.7 Å². The van der Waals surface area contributed by atoms with Crippen molar-refractivity contribution in [1.29, 1.82) is 0 Å². The third-order valence-corrected chi connectivity index (χ3v) is 3.35. The van der Waals surface area contributed by atoms with E-state index in [2.05, 4.69) is 4.98 Å². The fourth-order valence-corrected chi connectivity index (χ4v) is 2.25. The van der Waals surface area contributed by atoms with Crippen LogP contribution in [0.15, 0.2) is 54.9 Å². The van der Waals surface area contributed by atoms with Crippen LogP contribution in [0.2, 0.25) is 0 Å². The Morgan fingerprint density at radius 2 is 1.77 bits per heavy atom. The van der Waals surface area contributed by atoms with Crippen LogP contribution in [0.5, 0.6) is 0 Å². The molecule has 2 rings (SSSR count). The van der Waals surface area contributed by atoms with E-state index in [4.69, 9.17) is 4.74 Å². The van der Waals surface area contributed by atoms with E-state index in [9.17, 15) is 9.59 Å². The van der Waals surface area contributed by atoms with E-state index in [1.54, 1.807) is 36.7 Å². The lowest BCUT2D eigenvalue weighted by atomic mass is 10.1. The maximum atomic E-state index is 12.9. The van der Waals surface area contributed by atoms with Crippen molar-refractivity contribution in [2.75, 3.05) is 12.0 Å². The first-order valence-corrected chi connectivity index (χ1v) is 7.05. The Balaban J connectivity index is 2.46. The van der Waals surface area contributed by atoms with Crippen molar-refractivity contribution < 1.29 is 14.3 Å². The van der Waals surface area contributed by atoms with Crippen molar-refractivity contribution >= 4 is 17.6 Å². The van der Waals surface area contributed by atoms with E-state index >= 15 is 0 Å². The minimum Gasteiger partial charge on any atom is -0.467 e. The number of nitrogens with zero attached hydrogens (tertiary/aromatic N) is 2. The molecule has 0 aliphatic carbocycles. The average Bonchev–Trinajstić information content (AvgIpc) is 2.60. The number of para-hydroxylation sites is 1. The highest BCUT2D eigenvalue weighted by molar-refractivity contribution is 6.09. The van der Waals surface area contributed by atoms with Gasteiger partial charge in [-0.15, -0.1) is 0 Å². The number of aromatic nitrogens is 1. The van der Waals surface area contributed by atoms with Crippen LogP contribution in [0.25, 0.3) is 0 Å². The quantitative estimate of drug-likeness (QED) is 0.796. The van der Waals surface area contributed by atoms with Crippen molar-refractivity contribution in [3.05, 3.63) is 60.4 Å². The van der Waals surface area contributed by atoms with Gasteiger partial charge < -0.3 is 4.74 Å². The predicted molar refractivity (Wildman–Crippen MR) is 83.6 cm³/mol. The first kappa shape index (κ1) is 15.7. The standard InChI is InChI=1S/C17H18N2O3/c1-3-15(17(21)22-2)19(14-7-5-4-6-8-14)16(20)13-9-11-18-12-10-13/h4-12,15H,3H2,1-2H3/t15-/m1/s1. The first-order valence-electron chi connectivity index (χ1n) is 7.05. The van der Waals surface area contributed by atoms with Crippen molar-refractivity contribution in [2.24, 2.45) is 0 Å². The van der Waals surface area contributed by atoms with Gasteiger partial charge in [0.15, 0.2) is 0 Å². The molecule has 0 spiro atoms. The van der Waals surface area contributed by atoms with Crippen molar-refractivity contribution in [3.8, 4) is 0 Å². The van der Waals surface area contributed by atoms with Gasteiger partial charge in [-0.3, -0.25) is 14.7 Å². The van der Waals surface area contributed by atoms with Gasteiger partial charge in [-0.2, -0.15) is 0 Å². The van der Waals surface area contributed by atoms with Crippen LogP contribution in [0.3, 0.4) is 0 Å². The van der Waals surface area contributed by atoms with E-state index in [0.717, 1.165) is 0 Å². The molecule has 5 nitrogen and oxygen atoms in total. The number of benzene rings is 1. The maximum Gasteiger partial charge on any atom is 0.328 e. The molecular weight excluding hydrogens is 280 g/mol. The van der Waals surface area contributed by atoms with Crippen molar-refractivity contribution in [3.63, 3.8) is 0 Å². The summed E-state index contributed by atoms with van der Waals surface area (Å²) in [5, 5.41) is 0. The Kier molecular flexibility index (Phi) is 5.25. The van der Waals surface area contributed by atoms with Crippen LogP contribution < -0.4 is 4.90 Å². The molecule has 0 bridgehead atoms. The fourth-order valence-electron chi connectivity index (χ4n) is 2.25. The van der Waals surface area contributed by atoms with Gasteiger partial charge in [0.2, 0.25) is 0 Å². The summed E-state index contributed by atoms with van der Waals surface area (Å²) in [5.74, 6) is -0.695. The van der Waals surface area contributed by atoms with Crippen LogP contribution in [0.1, 0.15) is 23.7 Å². The molecule has 0 N–H and O–H groups in total. The molecule has 1 aromatic heterocycles. The summed E-state index contributed by atoms with van der Waals surface area (Å²) >= 11 is 0. The molecule has 0 unspecified atom stereocenters. The number of methoxy groups -OCH3 is 1. The summed E-state index contributed by atoms with van der Waals surface area (Å²) in [6.45, 7) is 1.84. The smallest absolute Gasteiger partial charge is 0.328 e. The lowest BCUT2D eigenvalue weighted by molar-refractivity contribution is -0.142. The molecule has 1 atom stereocenters. The highest BCUT2D eigenvalue weighted by atomic mass is 16.5. The number of rotatable bonds is 5. The van der Waals surface area contributed by atoms with Crippen LogP contribution in [-0.4, -0.2) is 30.0 Å². The van der Waals surface area contributed by atoms with Crippen LogP contribution in [0.4, 0.5) is 5.69 Å². The van der Waals surface area contributed by atoms with Crippen LogP contribution in [-0.2, 0) is 9.53 Å². The topological polar surface area (TPSA) is 59.5 Å². The zero-order chi connectivity index (χ0) is 15.9. The zero-order valence-corrected chi connectivity index (χ0v) is 12.6. The molecule has 0 saturated carbocycles. The fraction of sp³-hybridized carbons (Fsp3) is 0.235. The minimum absolute atomic E-state index is 0.258. The highest BCUT2D eigenvalue weighted by Gasteiger charge is 2.31. The summed E-state index contributed by atoms with van der Waals surface area (Å²) in [4.78, 5) is 30.3. The van der Waals surface area contributed by atoms with Gasteiger partial charge in [-0.1, -0.05) is 25.1 Å². The molecule has 0 radical (unpaired) electrons. The summed E-state index contributed by atoms with van der Waals surface area (Å²) in [7, 11) is 1.32. The minimum atomic E-state index is -0.673. The van der Waals surface area contributed by atoms with E-state index < -0.39 is 12.0 Å². The normalized spacial score (nSPS) is 11.5. The molecule has 0 fully saturated rings. The number of carbonyl (C=O) groups is 2. The second kappa shape index (κ2) is 7.36. The molecule has 0 aliphatic heterocycles. The first-order chi connectivity index (χ1) is 10.7. The van der Waals surface area contributed by atoms with Gasteiger partial charge in [-0.05, 0) is 30.7 Å². The largest absolute Gasteiger partial charge is 0.467 e. The summed E-state index contributed by atoms with van der Waals surface area (Å²) in [5.41, 5.74) is 1.13. The Hall–Kier alpha value is -2.69. The zero-order valence-electron chi connectivity index (χ0n) is 12.6. The molecule has 2 aromatic rings. The van der Waals surface area contributed by atoms with Gasteiger partial charge >= 0.3 is 5.97 Å². The molecule has 114 valence electrons. The summed E-state index contributed by atoms with van der Waals surface area (Å²) in [6.07, 6.45) is 3.56. The molecule has 0 saturated heterocycles. The van der Waals surface area contributed by atoms with Gasteiger partial charge in [0.1, 0.15) is 6.04 Å². The Labute approximate surface area is 129 Å². The van der Waals surface area contributed by atoms with Gasteiger partial charge in [-0.25, -0.2) is 4.79 Å². The molecule has 1 heterocycles. The van der Waals surface area contributed by atoms with Gasteiger partial charge in [0.05, 0.1) is 7.11 Å². The SMILES string of the molecule is CC[C@H](C(=O)OC)N(C(=O)c1ccncc1)c1ccccc1. The molecule has 22 heavy (non-hydrogen) atoms. The Morgan fingerprint density at radius 3 is 2.32 bits per heavy atom. The van der Waals surface area contributed by atoms with Gasteiger partial charge in [0.25, 0.3) is 5.91 Å². The summed E-state index contributed by atoms with van der Waals surface area (Å²) < 4.78 is 4.85. The van der Waals surface area contributed by atoms with Crippen molar-refractivity contribution in [2.45, 2.75) is 19.4 Å². The maximum absolute atomic E-state index is 12.9. The number of hydrogen-bond acceptors (Lipinski definition) is 4. The third-order valence-electron chi connectivity index (χ3n) is 3.35. The van der Waals surface area contributed by atoms with E-state index in [1.165, 1.54) is 12.0 Å². The van der Waals surface area contributed by atoms with Gasteiger partial charge in [0, 0.05) is 23.6 Å². The second-order valence-corrected chi connectivity index (χ2v) is 4.69. The number of hydrogen-bond donors (Lipinski definition) is 0. The average molecular weight is 298 g/mol. The number of carbonyl (C=O) groups excluding carboxylic acids is 2. The number of anilines is 1. The second-order valence-electron chi connectivity index (χ2n) is 4.69. The lowest BCUT2D eigenvalue weighted by Crippen LogP contribution is -2.45.